The molecule has 5 heteroatoms. The predicted molar refractivity (Wildman–Crippen MR) is 77.9 cm³/mol. The molecule has 2 aromatic rings. The van der Waals surface area contributed by atoms with Crippen LogP contribution in [0.15, 0.2) is 48.5 Å². The zero-order chi connectivity index (χ0) is 14.8. The molecule has 0 saturated carbocycles. The average Bonchev–Trinajstić information content (AvgIpc) is 2.65. The van der Waals surface area contributed by atoms with Gasteiger partial charge in [-0.3, -0.25) is 9.59 Å². The maximum absolute atomic E-state index is 12.5. The van der Waals surface area contributed by atoms with Gasteiger partial charge in [0.2, 0.25) is 5.91 Å². The summed E-state index contributed by atoms with van der Waals surface area (Å²) in [5, 5.41) is 12.6. The van der Waals surface area contributed by atoms with Crippen molar-refractivity contribution in [3.05, 3.63) is 59.7 Å². The summed E-state index contributed by atoms with van der Waals surface area (Å²) in [5.74, 6) is -0.691. The van der Waals surface area contributed by atoms with E-state index >= 15 is 0 Å². The predicted octanol–water partition coefficient (Wildman–Crippen LogP) is 1.99. The maximum Gasteiger partial charge on any atom is 0.258 e. The van der Waals surface area contributed by atoms with Crippen molar-refractivity contribution in [2.75, 3.05) is 11.9 Å². The van der Waals surface area contributed by atoms with Crippen molar-refractivity contribution >= 4 is 17.5 Å². The molecule has 0 spiro atoms. The Kier molecular flexibility index (Phi) is 3.31. The third-order valence-electron chi connectivity index (χ3n) is 3.41. The number of nitrogens with one attached hydrogen (secondary N) is 1. The van der Waals surface area contributed by atoms with E-state index in [4.69, 9.17) is 0 Å². The SMILES string of the molecule is O=C1CN(C(=O)c2ccccc2O)Cc2ccccc2N1. The number of para-hydroxylation sites is 2. The molecule has 21 heavy (non-hydrogen) atoms. The first-order valence-corrected chi connectivity index (χ1v) is 6.60. The first-order chi connectivity index (χ1) is 10.1. The second kappa shape index (κ2) is 5.28. The summed E-state index contributed by atoms with van der Waals surface area (Å²) in [4.78, 5) is 25.9. The molecule has 0 atom stereocenters. The fourth-order valence-corrected chi connectivity index (χ4v) is 2.37. The number of amides is 2. The van der Waals surface area contributed by atoms with Crippen LogP contribution in [0.3, 0.4) is 0 Å². The summed E-state index contributed by atoms with van der Waals surface area (Å²) in [6.07, 6.45) is 0. The number of nitrogens with zero attached hydrogens (tertiary/aromatic N) is 1. The minimum absolute atomic E-state index is 0.0398. The Bertz CT molecular complexity index is 712. The summed E-state index contributed by atoms with van der Waals surface area (Å²) in [6.45, 7) is 0.282. The lowest BCUT2D eigenvalue weighted by Crippen LogP contribution is -2.35. The number of aromatic hydroxyl groups is 1. The van der Waals surface area contributed by atoms with Gasteiger partial charge in [0, 0.05) is 12.2 Å². The fraction of sp³-hybridized carbons (Fsp3) is 0.125. The molecule has 0 fully saturated rings. The standard InChI is InChI=1S/C16H14N2O3/c19-14-8-4-2-6-12(14)16(21)18-9-11-5-1-3-7-13(11)17-15(20)10-18/h1-8,19H,9-10H2,(H,17,20). The number of phenolic OH excluding ortho intramolecular Hbond substituents is 1. The largest absolute Gasteiger partial charge is 0.507 e. The maximum atomic E-state index is 12.5. The van der Waals surface area contributed by atoms with E-state index in [9.17, 15) is 14.7 Å². The van der Waals surface area contributed by atoms with E-state index in [1.165, 1.54) is 11.0 Å². The molecule has 0 unspecified atom stereocenters. The highest BCUT2D eigenvalue weighted by atomic mass is 16.3. The lowest BCUT2D eigenvalue weighted by atomic mass is 10.1. The number of phenols is 1. The number of benzene rings is 2. The highest BCUT2D eigenvalue weighted by Gasteiger charge is 2.25. The van der Waals surface area contributed by atoms with Crippen molar-refractivity contribution in [1.29, 1.82) is 0 Å². The van der Waals surface area contributed by atoms with Crippen molar-refractivity contribution in [1.82, 2.24) is 4.90 Å². The van der Waals surface area contributed by atoms with Gasteiger partial charge < -0.3 is 15.3 Å². The van der Waals surface area contributed by atoms with Gasteiger partial charge in [-0.05, 0) is 23.8 Å². The van der Waals surface area contributed by atoms with Gasteiger partial charge >= 0.3 is 0 Å². The summed E-state index contributed by atoms with van der Waals surface area (Å²) in [5.41, 5.74) is 1.78. The van der Waals surface area contributed by atoms with Crippen LogP contribution in [-0.4, -0.2) is 28.4 Å². The summed E-state index contributed by atoms with van der Waals surface area (Å²) in [7, 11) is 0. The second-order valence-corrected chi connectivity index (χ2v) is 4.88. The molecule has 2 amide bonds. The number of fused-ring (bicyclic) bond motifs is 1. The van der Waals surface area contributed by atoms with Crippen LogP contribution in [-0.2, 0) is 11.3 Å². The number of carbonyl (C=O) groups is 2. The molecule has 1 aliphatic rings. The molecule has 5 nitrogen and oxygen atoms in total. The van der Waals surface area contributed by atoms with Gasteiger partial charge in [0.15, 0.2) is 0 Å². The number of hydrogen-bond acceptors (Lipinski definition) is 3. The fourth-order valence-electron chi connectivity index (χ4n) is 2.37. The van der Waals surface area contributed by atoms with E-state index in [0.29, 0.717) is 6.54 Å². The van der Waals surface area contributed by atoms with E-state index in [-0.39, 0.29) is 29.7 Å². The Morgan fingerprint density at radius 2 is 1.76 bits per heavy atom. The summed E-state index contributed by atoms with van der Waals surface area (Å²) in [6, 6.07) is 13.7. The minimum Gasteiger partial charge on any atom is -0.507 e. The van der Waals surface area contributed by atoms with Crippen LogP contribution in [0.25, 0.3) is 0 Å². The number of anilines is 1. The molecule has 0 aromatic heterocycles. The Hall–Kier alpha value is -2.82. The van der Waals surface area contributed by atoms with Crippen molar-refractivity contribution in [2.24, 2.45) is 0 Å². The van der Waals surface area contributed by atoms with Gasteiger partial charge in [0.05, 0.1) is 5.56 Å². The van der Waals surface area contributed by atoms with Gasteiger partial charge in [-0.2, -0.15) is 0 Å². The molecule has 1 heterocycles. The van der Waals surface area contributed by atoms with Crippen molar-refractivity contribution in [3.8, 4) is 5.75 Å². The van der Waals surface area contributed by atoms with E-state index in [2.05, 4.69) is 5.32 Å². The molecular formula is C16H14N2O3. The molecule has 2 N–H and O–H groups in total. The lowest BCUT2D eigenvalue weighted by molar-refractivity contribution is -0.116. The van der Waals surface area contributed by atoms with Crippen LogP contribution in [0.5, 0.6) is 5.75 Å². The van der Waals surface area contributed by atoms with Gasteiger partial charge in [-0.15, -0.1) is 0 Å². The van der Waals surface area contributed by atoms with Crippen LogP contribution in [0.2, 0.25) is 0 Å². The monoisotopic (exact) mass is 282 g/mol. The minimum atomic E-state index is -0.361. The van der Waals surface area contributed by atoms with Gasteiger partial charge in [-0.1, -0.05) is 30.3 Å². The van der Waals surface area contributed by atoms with E-state index in [1.54, 1.807) is 24.3 Å². The molecule has 3 rings (SSSR count). The van der Waals surface area contributed by atoms with Crippen molar-refractivity contribution < 1.29 is 14.7 Å². The van der Waals surface area contributed by atoms with Crippen LogP contribution in [0.1, 0.15) is 15.9 Å². The molecule has 0 aliphatic carbocycles. The van der Waals surface area contributed by atoms with Gasteiger partial charge in [0.1, 0.15) is 12.3 Å². The Morgan fingerprint density at radius 3 is 2.57 bits per heavy atom. The summed E-state index contributed by atoms with van der Waals surface area (Å²) < 4.78 is 0. The third-order valence-corrected chi connectivity index (χ3v) is 3.41. The molecule has 0 saturated heterocycles. The van der Waals surface area contributed by atoms with Crippen molar-refractivity contribution in [2.45, 2.75) is 6.54 Å². The molecule has 0 radical (unpaired) electrons. The van der Waals surface area contributed by atoms with E-state index < -0.39 is 0 Å². The van der Waals surface area contributed by atoms with Crippen molar-refractivity contribution in [3.63, 3.8) is 0 Å². The van der Waals surface area contributed by atoms with Gasteiger partial charge in [-0.25, -0.2) is 0 Å². The Balaban J connectivity index is 1.94. The number of hydrogen-bond donors (Lipinski definition) is 2. The highest BCUT2D eigenvalue weighted by Crippen LogP contribution is 2.23. The van der Waals surface area contributed by atoms with Crippen LogP contribution >= 0.6 is 0 Å². The van der Waals surface area contributed by atoms with Crippen LogP contribution in [0.4, 0.5) is 5.69 Å². The zero-order valence-corrected chi connectivity index (χ0v) is 11.2. The molecule has 106 valence electrons. The molecular weight excluding hydrogens is 268 g/mol. The third kappa shape index (κ3) is 2.58. The first kappa shape index (κ1) is 13.2. The van der Waals surface area contributed by atoms with Gasteiger partial charge in [0.25, 0.3) is 5.91 Å². The average molecular weight is 282 g/mol. The Labute approximate surface area is 121 Å². The smallest absolute Gasteiger partial charge is 0.258 e. The highest BCUT2D eigenvalue weighted by molar-refractivity contribution is 6.01. The van der Waals surface area contributed by atoms with E-state index in [1.807, 2.05) is 18.2 Å². The summed E-state index contributed by atoms with van der Waals surface area (Å²) >= 11 is 0. The topological polar surface area (TPSA) is 69.6 Å². The molecule has 0 bridgehead atoms. The Morgan fingerprint density at radius 1 is 1.05 bits per heavy atom. The quantitative estimate of drug-likeness (QED) is 0.840. The first-order valence-electron chi connectivity index (χ1n) is 6.60. The van der Waals surface area contributed by atoms with Crippen LogP contribution in [0, 0.1) is 0 Å². The normalized spacial score (nSPS) is 14.1. The molecule has 1 aliphatic heterocycles. The molecule has 2 aromatic carbocycles. The second-order valence-electron chi connectivity index (χ2n) is 4.88. The lowest BCUT2D eigenvalue weighted by Gasteiger charge is -2.20. The van der Waals surface area contributed by atoms with E-state index in [0.717, 1.165) is 11.3 Å². The number of rotatable bonds is 1. The number of carbonyl (C=O) groups excluding carboxylic acids is 2. The zero-order valence-electron chi connectivity index (χ0n) is 11.2. The van der Waals surface area contributed by atoms with Crippen LogP contribution < -0.4 is 5.32 Å².